The normalized spacial score (nSPS) is 11.0. The first kappa shape index (κ1) is 37.8. The summed E-state index contributed by atoms with van der Waals surface area (Å²) in [4.78, 5) is 0. The average molecular weight is 737 g/mol. The van der Waals surface area contributed by atoms with Crippen LogP contribution >= 0.6 is 15.6 Å². The van der Waals surface area contributed by atoms with Crippen molar-refractivity contribution in [2.75, 3.05) is 0 Å². The van der Waals surface area contributed by atoms with E-state index in [0.29, 0.717) is 34.5 Å². The van der Waals surface area contributed by atoms with Crippen LogP contribution in [-0.2, 0) is 9.13 Å². The first-order valence-corrected chi connectivity index (χ1v) is 19.5. The Morgan fingerprint density at radius 2 is 0.365 bits per heavy atom. The van der Waals surface area contributed by atoms with E-state index in [9.17, 15) is 9.13 Å². The van der Waals surface area contributed by atoms with Gasteiger partial charge in [-0.25, -0.2) is 0 Å². The molecule has 0 unspecified atom stereocenters. The van der Waals surface area contributed by atoms with E-state index in [1.165, 1.54) is 0 Å². The highest BCUT2D eigenvalue weighted by atomic mass is 31.2. The van der Waals surface area contributed by atoms with Crippen molar-refractivity contribution in [3.05, 3.63) is 179 Å². The van der Waals surface area contributed by atoms with Gasteiger partial charge in [0, 0.05) is 0 Å². The van der Waals surface area contributed by atoms with Gasteiger partial charge in [-0.2, -0.15) is 9.13 Å². The van der Waals surface area contributed by atoms with Crippen molar-refractivity contribution in [3.8, 4) is 34.5 Å². The molecule has 0 saturated carbocycles. The smallest absolute Gasteiger partial charge is 0.386 e. The lowest BCUT2D eigenvalue weighted by atomic mass is 10.2. The van der Waals surface area contributed by atoms with Crippen molar-refractivity contribution in [3.63, 3.8) is 0 Å². The van der Waals surface area contributed by atoms with Crippen molar-refractivity contribution in [2.24, 2.45) is 0 Å². The average Bonchev–Trinajstić information content (AvgIpc) is 3.11. The standard InChI is InChI=1S/2C21H21O4P/c2*1-16-4-10-19(11-5-16)23-26(22,24-20-12-6-17(2)7-13-20)25-21-14-8-18(3)9-15-21/h2*4-15H,1-3H3. The highest BCUT2D eigenvalue weighted by Gasteiger charge is 2.34. The topological polar surface area (TPSA) is 89.5 Å². The Hall–Kier alpha value is -5.42. The van der Waals surface area contributed by atoms with Crippen molar-refractivity contribution in [2.45, 2.75) is 41.5 Å². The molecule has 0 radical (unpaired) electrons. The third-order valence-corrected chi connectivity index (χ3v) is 10.0. The molecule has 0 atom stereocenters. The number of hydrogen-bond acceptors (Lipinski definition) is 8. The second-order valence-corrected chi connectivity index (χ2v) is 15.2. The maximum atomic E-state index is 13.3. The van der Waals surface area contributed by atoms with Crippen LogP contribution in [0.1, 0.15) is 33.4 Å². The fraction of sp³-hybridized carbons (Fsp3) is 0.143. The number of hydrogen-bond donors (Lipinski definition) is 0. The van der Waals surface area contributed by atoms with E-state index in [-0.39, 0.29) is 0 Å². The van der Waals surface area contributed by atoms with Crippen molar-refractivity contribution >= 4 is 15.6 Å². The number of rotatable bonds is 12. The Morgan fingerprint density at radius 1 is 0.250 bits per heavy atom. The van der Waals surface area contributed by atoms with E-state index >= 15 is 0 Å². The first-order valence-electron chi connectivity index (χ1n) is 16.6. The molecule has 0 aliphatic rings. The minimum atomic E-state index is -3.93. The third-order valence-electron chi connectivity index (χ3n) is 7.43. The fourth-order valence-electron chi connectivity index (χ4n) is 4.48. The summed E-state index contributed by atoms with van der Waals surface area (Å²) in [5, 5.41) is 0. The van der Waals surface area contributed by atoms with Crippen LogP contribution < -0.4 is 27.1 Å². The fourth-order valence-corrected chi connectivity index (χ4v) is 6.98. The van der Waals surface area contributed by atoms with Crippen molar-refractivity contribution in [1.82, 2.24) is 0 Å². The van der Waals surface area contributed by atoms with Gasteiger partial charge in [-0.3, -0.25) is 0 Å². The number of phosphoric acid groups is 2. The first-order chi connectivity index (χ1) is 24.8. The summed E-state index contributed by atoms with van der Waals surface area (Å²) in [6, 6.07) is 43.3. The molecule has 0 spiro atoms. The van der Waals surface area contributed by atoms with E-state index in [4.69, 9.17) is 27.1 Å². The monoisotopic (exact) mass is 736 g/mol. The Kier molecular flexibility index (Phi) is 12.5. The van der Waals surface area contributed by atoms with Crippen LogP contribution in [0.25, 0.3) is 0 Å². The molecule has 6 aromatic carbocycles. The molecule has 6 aromatic rings. The Bertz CT molecular complexity index is 1710. The lowest BCUT2D eigenvalue weighted by Gasteiger charge is -2.19. The van der Waals surface area contributed by atoms with Crippen LogP contribution in [0, 0.1) is 41.5 Å². The number of benzene rings is 6. The largest absolute Gasteiger partial charge is 0.647 e. The van der Waals surface area contributed by atoms with Gasteiger partial charge in [0.25, 0.3) is 0 Å². The second-order valence-electron chi connectivity index (χ2n) is 12.3. The third kappa shape index (κ3) is 11.8. The minimum absolute atomic E-state index is 0.415. The zero-order valence-electron chi connectivity index (χ0n) is 30.0. The van der Waals surface area contributed by atoms with Crippen LogP contribution in [-0.4, -0.2) is 0 Å². The van der Waals surface area contributed by atoms with Gasteiger partial charge >= 0.3 is 15.6 Å². The van der Waals surface area contributed by atoms with Crippen LogP contribution in [0.3, 0.4) is 0 Å². The van der Waals surface area contributed by atoms with Gasteiger partial charge in [0.1, 0.15) is 34.5 Å². The van der Waals surface area contributed by atoms with Gasteiger partial charge < -0.3 is 27.1 Å². The molecular formula is C42H42O8P2. The molecule has 10 heteroatoms. The van der Waals surface area contributed by atoms with Gasteiger partial charge in [-0.1, -0.05) is 106 Å². The van der Waals surface area contributed by atoms with Gasteiger partial charge in [-0.05, 0) is 114 Å². The maximum absolute atomic E-state index is 13.3. The summed E-state index contributed by atoms with van der Waals surface area (Å²) in [6.45, 7) is 11.8. The molecule has 0 heterocycles. The lowest BCUT2D eigenvalue weighted by molar-refractivity contribution is 0.296. The lowest BCUT2D eigenvalue weighted by Crippen LogP contribution is -2.07. The molecule has 0 saturated heterocycles. The van der Waals surface area contributed by atoms with E-state index < -0.39 is 15.6 Å². The maximum Gasteiger partial charge on any atom is 0.647 e. The predicted molar refractivity (Wildman–Crippen MR) is 206 cm³/mol. The summed E-state index contributed by atoms with van der Waals surface area (Å²) in [5.74, 6) is 2.49. The SMILES string of the molecule is Cc1ccc(OP(=O)(Oc2ccc(C)cc2)Oc2ccc(C)cc2)cc1.Cc1ccc(OP(=O)(Oc2ccc(C)cc2)Oc2ccc(C)cc2)cc1. The Labute approximate surface area is 306 Å². The predicted octanol–water partition coefficient (Wildman–Crippen LogP) is 12.5. The molecule has 268 valence electrons. The van der Waals surface area contributed by atoms with Gasteiger partial charge in [-0.15, -0.1) is 0 Å². The van der Waals surface area contributed by atoms with E-state index in [2.05, 4.69) is 0 Å². The molecule has 0 aromatic heterocycles. The van der Waals surface area contributed by atoms with Gasteiger partial charge in [0.15, 0.2) is 0 Å². The molecule has 8 nitrogen and oxygen atoms in total. The van der Waals surface area contributed by atoms with Gasteiger partial charge in [0.2, 0.25) is 0 Å². The Morgan fingerprint density at radius 3 is 0.481 bits per heavy atom. The summed E-state index contributed by atoms with van der Waals surface area (Å²) in [5.41, 5.74) is 6.45. The molecule has 0 amide bonds. The molecule has 0 fully saturated rings. The molecule has 52 heavy (non-hydrogen) atoms. The van der Waals surface area contributed by atoms with E-state index in [0.717, 1.165) is 33.4 Å². The summed E-state index contributed by atoms with van der Waals surface area (Å²) < 4.78 is 60.4. The molecule has 0 N–H and O–H groups in total. The highest BCUT2D eigenvalue weighted by Crippen LogP contribution is 2.51. The Balaban J connectivity index is 0.000000201. The van der Waals surface area contributed by atoms with E-state index in [1.807, 2.05) is 114 Å². The van der Waals surface area contributed by atoms with Crippen LogP contribution in [0.15, 0.2) is 146 Å². The molecule has 0 bridgehead atoms. The summed E-state index contributed by atoms with van der Waals surface area (Å²) in [7, 11) is -7.86. The highest BCUT2D eigenvalue weighted by molar-refractivity contribution is 7.50. The number of phosphoric ester groups is 2. The summed E-state index contributed by atoms with van der Waals surface area (Å²) >= 11 is 0. The van der Waals surface area contributed by atoms with Crippen LogP contribution in [0.5, 0.6) is 34.5 Å². The zero-order valence-corrected chi connectivity index (χ0v) is 31.8. The summed E-state index contributed by atoms with van der Waals surface area (Å²) in [6.07, 6.45) is 0. The van der Waals surface area contributed by atoms with Crippen molar-refractivity contribution < 1.29 is 36.3 Å². The van der Waals surface area contributed by atoms with Gasteiger partial charge in [0.05, 0.1) is 0 Å². The second kappa shape index (κ2) is 17.2. The minimum Gasteiger partial charge on any atom is -0.386 e. The number of aryl methyl sites for hydroxylation is 6. The zero-order chi connectivity index (χ0) is 37.1. The molecule has 0 aliphatic carbocycles. The van der Waals surface area contributed by atoms with E-state index in [1.54, 1.807) is 72.8 Å². The quantitative estimate of drug-likeness (QED) is 0.115. The molecule has 0 aliphatic heterocycles. The van der Waals surface area contributed by atoms with Crippen LogP contribution in [0.4, 0.5) is 0 Å². The molecule has 6 rings (SSSR count). The van der Waals surface area contributed by atoms with Crippen molar-refractivity contribution in [1.29, 1.82) is 0 Å². The molecular weight excluding hydrogens is 694 g/mol. The van der Waals surface area contributed by atoms with Crippen LogP contribution in [0.2, 0.25) is 0 Å².